The lowest BCUT2D eigenvalue weighted by molar-refractivity contribution is -0.140. The van der Waals surface area contributed by atoms with Crippen LogP contribution in [-0.2, 0) is 26.2 Å². The number of anilines is 1. The number of carbonyl (C=O) groups excluding carboxylic acids is 2. The van der Waals surface area contributed by atoms with Crippen LogP contribution in [0.2, 0.25) is 15.1 Å². The Kier molecular flexibility index (Phi) is 10.9. The zero-order valence-corrected chi connectivity index (χ0v) is 25.8. The first kappa shape index (κ1) is 31.7. The number of hydrogen-bond acceptors (Lipinski definition) is 4. The molecule has 0 bridgehead atoms. The summed E-state index contributed by atoms with van der Waals surface area (Å²) < 4.78 is 28.9. The van der Waals surface area contributed by atoms with Crippen LogP contribution in [0.15, 0.2) is 71.6 Å². The van der Waals surface area contributed by atoms with Gasteiger partial charge in [0.1, 0.15) is 12.6 Å². The molecule has 0 spiro atoms. The number of amides is 2. The Hall–Kier alpha value is -2.78. The third kappa shape index (κ3) is 7.69. The Balaban J connectivity index is 2.12. The summed E-state index contributed by atoms with van der Waals surface area (Å²) in [6.07, 6.45) is 0.289. The van der Waals surface area contributed by atoms with E-state index in [4.69, 9.17) is 34.8 Å². The van der Waals surface area contributed by atoms with Gasteiger partial charge in [0.2, 0.25) is 11.8 Å². The molecule has 11 heteroatoms. The Morgan fingerprint density at radius 1 is 0.925 bits per heavy atom. The summed E-state index contributed by atoms with van der Waals surface area (Å²) in [6.45, 7) is 6.56. The van der Waals surface area contributed by atoms with Crippen LogP contribution in [-0.4, -0.2) is 43.8 Å². The smallest absolute Gasteiger partial charge is 0.264 e. The number of carbonyl (C=O) groups is 2. The molecule has 3 aromatic rings. The maximum atomic E-state index is 14.1. The number of benzene rings is 3. The van der Waals surface area contributed by atoms with Crippen LogP contribution < -0.4 is 9.62 Å². The molecule has 0 saturated carbocycles. The maximum Gasteiger partial charge on any atom is 0.264 e. The van der Waals surface area contributed by atoms with Crippen molar-refractivity contribution in [3.8, 4) is 0 Å². The molecule has 0 aromatic heterocycles. The Bertz CT molecular complexity index is 1470. The monoisotopic (exact) mass is 623 g/mol. The lowest BCUT2D eigenvalue weighted by Crippen LogP contribution is -2.53. The second kappa shape index (κ2) is 13.7. The summed E-state index contributed by atoms with van der Waals surface area (Å²) in [5, 5.41) is 3.92. The van der Waals surface area contributed by atoms with Gasteiger partial charge in [-0.05, 0) is 74.7 Å². The van der Waals surface area contributed by atoms with Gasteiger partial charge in [0.25, 0.3) is 10.0 Å². The van der Waals surface area contributed by atoms with E-state index in [-0.39, 0.29) is 35.5 Å². The molecule has 7 nitrogen and oxygen atoms in total. The van der Waals surface area contributed by atoms with E-state index < -0.39 is 28.5 Å². The summed E-state index contributed by atoms with van der Waals surface area (Å²) in [7, 11) is -4.20. The highest BCUT2D eigenvalue weighted by molar-refractivity contribution is 7.92. The minimum atomic E-state index is -4.20. The zero-order chi connectivity index (χ0) is 29.6. The SMILES string of the molecule is CC[C@H](C(=O)NC(C)C)N(Cc1ccc(Cl)cc1Cl)C(=O)CN(c1cc(Cl)ccc1C)S(=O)(=O)c1ccccc1. The van der Waals surface area contributed by atoms with Gasteiger partial charge < -0.3 is 10.2 Å². The molecule has 0 radical (unpaired) electrons. The van der Waals surface area contributed by atoms with E-state index in [1.165, 1.54) is 23.1 Å². The number of halogens is 3. The van der Waals surface area contributed by atoms with Crippen molar-refractivity contribution in [2.45, 2.75) is 57.6 Å². The minimum absolute atomic E-state index is 0.0130. The van der Waals surface area contributed by atoms with E-state index in [0.717, 1.165) is 4.31 Å². The molecule has 2 amide bonds. The molecule has 1 N–H and O–H groups in total. The van der Waals surface area contributed by atoms with Gasteiger partial charge in [0.05, 0.1) is 10.6 Å². The second-order valence-corrected chi connectivity index (χ2v) is 12.7. The van der Waals surface area contributed by atoms with Crippen molar-refractivity contribution in [1.82, 2.24) is 10.2 Å². The summed E-state index contributed by atoms with van der Waals surface area (Å²) in [5.74, 6) is -0.942. The van der Waals surface area contributed by atoms with Crippen LogP contribution in [0.25, 0.3) is 0 Å². The Morgan fingerprint density at radius 3 is 2.15 bits per heavy atom. The van der Waals surface area contributed by atoms with Gasteiger partial charge in [0, 0.05) is 27.7 Å². The maximum absolute atomic E-state index is 14.1. The van der Waals surface area contributed by atoms with Crippen molar-refractivity contribution >= 4 is 62.3 Å². The van der Waals surface area contributed by atoms with Crippen molar-refractivity contribution in [3.05, 3.63) is 92.9 Å². The molecular weight excluding hydrogens is 593 g/mol. The predicted molar refractivity (Wildman–Crippen MR) is 162 cm³/mol. The van der Waals surface area contributed by atoms with Crippen molar-refractivity contribution in [2.24, 2.45) is 0 Å². The lowest BCUT2D eigenvalue weighted by Gasteiger charge is -2.34. The largest absolute Gasteiger partial charge is 0.352 e. The third-order valence-electron chi connectivity index (χ3n) is 6.22. The molecule has 0 aliphatic rings. The average molecular weight is 625 g/mol. The topological polar surface area (TPSA) is 86.8 Å². The number of nitrogens with zero attached hydrogens (tertiary/aromatic N) is 2. The first-order valence-corrected chi connectivity index (χ1v) is 15.3. The summed E-state index contributed by atoms with van der Waals surface area (Å²) in [6, 6.07) is 16.5. The molecule has 0 fully saturated rings. The molecular formula is C29H32Cl3N3O4S. The molecule has 40 heavy (non-hydrogen) atoms. The van der Waals surface area contributed by atoms with Crippen LogP contribution in [0.1, 0.15) is 38.3 Å². The van der Waals surface area contributed by atoms with Gasteiger partial charge in [-0.2, -0.15) is 0 Å². The molecule has 0 aliphatic carbocycles. The fourth-order valence-electron chi connectivity index (χ4n) is 4.22. The second-order valence-electron chi connectivity index (χ2n) is 9.60. The molecule has 0 unspecified atom stereocenters. The molecule has 3 aromatic carbocycles. The third-order valence-corrected chi connectivity index (χ3v) is 8.82. The minimum Gasteiger partial charge on any atom is -0.352 e. The van der Waals surface area contributed by atoms with Gasteiger partial charge in [-0.1, -0.05) is 72.1 Å². The van der Waals surface area contributed by atoms with Gasteiger partial charge in [-0.15, -0.1) is 0 Å². The number of sulfonamides is 1. The summed E-state index contributed by atoms with van der Waals surface area (Å²) >= 11 is 18.8. The Labute approximate surface area is 251 Å². The zero-order valence-electron chi connectivity index (χ0n) is 22.7. The fourth-order valence-corrected chi connectivity index (χ4v) is 6.34. The van der Waals surface area contributed by atoms with Gasteiger partial charge in [0.15, 0.2) is 0 Å². The average Bonchev–Trinajstić information content (AvgIpc) is 2.89. The Morgan fingerprint density at radius 2 is 1.55 bits per heavy atom. The molecule has 1 atom stereocenters. The number of rotatable bonds is 11. The predicted octanol–water partition coefficient (Wildman–Crippen LogP) is 6.48. The molecule has 0 saturated heterocycles. The number of nitrogens with one attached hydrogen (secondary N) is 1. The molecule has 0 heterocycles. The highest BCUT2D eigenvalue weighted by atomic mass is 35.5. The van der Waals surface area contributed by atoms with E-state index in [2.05, 4.69) is 5.32 Å². The molecule has 3 rings (SSSR count). The van der Waals surface area contributed by atoms with Crippen LogP contribution in [0, 0.1) is 6.92 Å². The van der Waals surface area contributed by atoms with Crippen LogP contribution >= 0.6 is 34.8 Å². The van der Waals surface area contributed by atoms with E-state index in [1.54, 1.807) is 62.4 Å². The molecule has 0 aliphatic heterocycles. The van der Waals surface area contributed by atoms with Crippen molar-refractivity contribution < 1.29 is 18.0 Å². The van der Waals surface area contributed by atoms with Gasteiger partial charge >= 0.3 is 0 Å². The van der Waals surface area contributed by atoms with E-state index >= 15 is 0 Å². The highest BCUT2D eigenvalue weighted by Gasteiger charge is 2.34. The fraction of sp³-hybridized carbons (Fsp3) is 0.310. The molecule has 214 valence electrons. The standard InChI is InChI=1S/C29H32Cl3N3O4S/c1-5-26(29(37)33-19(2)3)34(17-21-12-14-22(30)15-25(21)32)28(36)18-35(27-16-23(31)13-11-20(27)4)40(38,39)24-9-7-6-8-10-24/h6-16,19,26H,5,17-18H2,1-4H3,(H,33,37)/t26-/m1/s1. The van der Waals surface area contributed by atoms with E-state index in [9.17, 15) is 18.0 Å². The number of hydrogen-bond donors (Lipinski definition) is 1. The van der Waals surface area contributed by atoms with Gasteiger partial charge in [-0.3, -0.25) is 13.9 Å². The first-order valence-electron chi connectivity index (χ1n) is 12.7. The van der Waals surface area contributed by atoms with Crippen LogP contribution in [0.4, 0.5) is 5.69 Å². The van der Waals surface area contributed by atoms with Crippen LogP contribution in [0.3, 0.4) is 0 Å². The summed E-state index contributed by atoms with van der Waals surface area (Å²) in [5.41, 5.74) is 1.43. The van der Waals surface area contributed by atoms with Crippen LogP contribution in [0.5, 0.6) is 0 Å². The van der Waals surface area contributed by atoms with Crippen molar-refractivity contribution in [2.75, 3.05) is 10.8 Å². The normalized spacial score (nSPS) is 12.2. The summed E-state index contributed by atoms with van der Waals surface area (Å²) in [4.78, 5) is 28.7. The van der Waals surface area contributed by atoms with E-state index in [1.807, 2.05) is 13.8 Å². The number of aryl methyl sites for hydroxylation is 1. The highest BCUT2D eigenvalue weighted by Crippen LogP contribution is 2.30. The van der Waals surface area contributed by atoms with E-state index in [0.29, 0.717) is 26.2 Å². The first-order chi connectivity index (χ1) is 18.8. The van der Waals surface area contributed by atoms with Crippen molar-refractivity contribution in [3.63, 3.8) is 0 Å². The van der Waals surface area contributed by atoms with Gasteiger partial charge in [-0.25, -0.2) is 8.42 Å². The van der Waals surface area contributed by atoms with Crippen molar-refractivity contribution in [1.29, 1.82) is 0 Å². The lowest BCUT2D eigenvalue weighted by atomic mass is 10.1. The quantitative estimate of drug-likeness (QED) is 0.265.